The molecule has 0 atom stereocenters. The van der Waals surface area contributed by atoms with Crippen molar-refractivity contribution in [1.82, 2.24) is 0 Å². The number of halogens is 4. The first-order chi connectivity index (χ1) is 8.66. The highest BCUT2D eigenvalue weighted by atomic mass is 35.5. The van der Waals surface area contributed by atoms with Gasteiger partial charge in [0, 0.05) is 0 Å². The lowest BCUT2D eigenvalue weighted by Crippen LogP contribution is -2.30. The predicted molar refractivity (Wildman–Crippen MR) is 59.6 cm³/mol. The molecule has 0 radical (unpaired) electrons. The third-order valence-electron chi connectivity index (χ3n) is 2.03. The van der Waals surface area contributed by atoms with Crippen LogP contribution in [-0.4, -0.2) is 30.3 Å². The molecule has 1 amide bonds. The molecule has 5 nitrogen and oxygen atoms in total. The van der Waals surface area contributed by atoms with Crippen molar-refractivity contribution >= 4 is 29.2 Å². The van der Waals surface area contributed by atoms with E-state index in [1.807, 2.05) is 0 Å². The SMILES string of the molecule is COc1cc(C(=O)O)c(NC(=O)C(F)(F)F)cc1Cl. The molecule has 0 saturated carbocycles. The van der Waals surface area contributed by atoms with E-state index < -0.39 is 29.3 Å². The first kappa shape index (κ1) is 15.1. The number of benzene rings is 1. The molecule has 0 aromatic heterocycles. The number of rotatable bonds is 3. The molecule has 2 N–H and O–H groups in total. The van der Waals surface area contributed by atoms with Crippen LogP contribution in [0.15, 0.2) is 12.1 Å². The number of ether oxygens (including phenoxy) is 1. The summed E-state index contributed by atoms with van der Waals surface area (Å²) in [5.74, 6) is -3.87. The molecule has 0 aliphatic carbocycles. The van der Waals surface area contributed by atoms with E-state index in [0.717, 1.165) is 12.1 Å². The number of methoxy groups -OCH3 is 1. The lowest BCUT2D eigenvalue weighted by atomic mass is 10.1. The topological polar surface area (TPSA) is 75.6 Å². The largest absolute Gasteiger partial charge is 0.495 e. The van der Waals surface area contributed by atoms with E-state index in [1.54, 1.807) is 0 Å². The number of carboxylic acids is 1. The Morgan fingerprint density at radius 1 is 1.37 bits per heavy atom. The molecule has 0 aliphatic rings. The molecule has 0 spiro atoms. The van der Waals surface area contributed by atoms with E-state index in [0.29, 0.717) is 0 Å². The Balaban J connectivity index is 3.23. The molecule has 1 aromatic carbocycles. The molecule has 0 heterocycles. The maximum absolute atomic E-state index is 12.1. The number of hydrogen-bond acceptors (Lipinski definition) is 3. The summed E-state index contributed by atoms with van der Waals surface area (Å²) in [5.41, 5.74) is -1.14. The molecular formula is C10H7ClF3NO4. The fourth-order valence-electron chi connectivity index (χ4n) is 1.18. The van der Waals surface area contributed by atoms with Crippen LogP contribution in [0.2, 0.25) is 5.02 Å². The second kappa shape index (κ2) is 5.35. The van der Waals surface area contributed by atoms with Gasteiger partial charge in [0.05, 0.1) is 23.4 Å². The second-order valence-corrected chi connectivity index (χ2v) is 3.70. The Labute approximate surface area is 109 Å². The van der Waals surface area contributed by atoms with E-state index in [9.17, 15) is 22.8 Å². The Morgan fingerprint density at radius 2 is 1.95 bits per heavy atom. The van der Waals surface area contributed by atoms with E-state index in [-0.39, 0.29) is 10.8 Å². The van der Waals surface area contributed by atoms with Crippen LogP contribution >= 0.6 is 11.6 Å². The first-order valence-electron chi connectivity index (χ1n) is 4.65. The lowest BCUT2D eigenvalue weighted by Gasteiger charge is -2.12. The van der Waals surface area contributed by atoms with E-state index in [2.05, 4.69) is 0 Å². The number of carboxylic acid groups (broad SMARTS) is 1. The van der Waals surface area contributed by atoms with Crippen molar-refractivity contribution in [3.8, 4) is 5.75 Å². The van der Waals surface area contributed by atoms with Gasteiger partial charge in [-0.05, 0) is 12.1 Å². The second-order valence-electron chi connectivity index (χ2n) is 3.29. The van der Waals surface area contributed by atoms with Crippen LogP contribution in [0.5, 0.6) is 5.75 Å². The normalized spacial score (nSPS) is 11.0. The summed E-state index contributed by atoms with van der Waals surface area (Å²) >= 11 is 5.65. The van der Waals surface area contributed by atoms with Crippen molar-refractivity contribution in [2.45, 2.75) is 6.18 Å². The van der Waals surface area contributed by atoms with Gasteiger partial charge in [0.2, 0.25) is 0 Å². The van der Waals surface area contributed by atoms with Crippen LogP contribution in [0.25, 0.3) is 0 Å². The number of nitrogens with one attached hydrogen (secondary N) is 1. The number of hydrogen-bond donors (Lipinski definition) is 2. The fourth-order valence-corrected chi connectivity index (χ4v) is 1.42. The smallest absolute Gasteiger partial charge is 0.471 e. The summed E-state index contributed by atoms with van der Waals surface area (Å²) in [5, 5.41) is 10.2. The highest BCUT2D eigenvalue weighted by Gasteiger charge is 2.39. The van der Waals surface area contributed by atoms with Crippen LogP contribution in [0, 0.1) is 0 Å². The molecule has 0 unspecified atom stereocenters. The molecule has 1 rings (SSSR count). The van der Waals surface area contributed by atoms with Crippen molar-refractivity contribution in [2.75, 3.05) is 12.4 Å². The summed E-state index contributed by atoms with van der Waals surface area (Å²) in [7, 11) is 1.21. The van der Waals surface area contributed by atoms with E-state index in [4.69, 9.17) is 21.4 Å². The summed E-state index contributed by atoms with van der Waals surface area (Å²) in [6.45, 7) is 0. The Hall–Kier alpha value is -1.96. The molecule has 0 bridgehead atoms. The van der Waals surface area contributed by atoms with Gasteiger partial charge in [-0.3, -0.25) is 4.79 Å². The van der Waals surface area contributed by atoms with Gasteiger partial charge >= 0.3 is 18.1 Å². The number of aromatic carboxylic acids is 1. The lowest BCUT2D eigenvalue weighted by molar-refractivity contribution is -0.167. The quantitative estimate of drug-likeness (QED) is 0.899. The number of anilines is 1. The monoisotopic (exact) mass is 297 g/mol. The van der Waals surface area contributed by atoms with Crippen LogP contribution in [-0.2, 0) is 4.79 Å². The zero-order valence-electron chi connectivity index (χ0n) is 9.34. The zero-order valence-corrected chi connectivity index (χ0v) is 10.1. The fraction of sp³-hybridized carbons (Fsp3) is 0.200. The molecule has 19 heavy (non-hydrogen) atoms. The molecule has 9 heteroatoms. The molecule has 104 valence electrons. The standard InChI is InChI=1S/C10H7ClF3NO4/c1-19-7-2-4(8(16)17)6(3-5(7)11)15-9(18)10(12,13)14/h2-3H,1H3,(H,15,18)(H,16,17). The van der Waals surface area contributed by atoms with Gasteiger partial charge in [0.1, 0.15) is 5.75 Å². The van der Waals surface area contributed by atoms with Crippen LogP contribution in [0.4, 0.5) is 18.9 Å². The Bertz CT molecular complexity index is 530. The predicted octanol–water partition coefficient (Wildman–Crippen LogP) is 2.55. The van der Waals surface area contributed by atoms with Crippen molar-refractivity contribution in [3.05, 3.63) is 22.7 Å². The highest BCUT2D eigenvalue weighted by molar-refractivity contribution is 6.32. The van der Waals surface area contributed by atoms with Crippen LogP contribution in [0.3, 0.4) is 0 Å². The molecule has 0 aliphatic heterocycles. The third-order valence-corrected chi connectivity index (χ3v) is 2.32. The number of carbonyl (C=O) groups excluding carboxylic acids is 1. The molecular weight excluding hydrogens is 291 g/mol. The average Bonchev–Trinajstić information content (AvgIpc) is 2.27. The first-order valence-corrected chi connectivity index (χ1v) is 5.03. The van der Waals surface area contributed by atoms with Crippen molar-refractivity contribution in [1.29, 1.82) is 0 Å². The van der Waals surface area contributed by atoms with Crippen molar-refractivity contribution < 1.29 is 32.6 Å². The zero-order chi connectivity index (χ0) is 14.8. The summed E-state index contributed by atoms with van der Waals surface area (Å²) in [4.78, 5) is 21.7. The Kier molecular flexibility index (Phi) is 4.25. The Morgan fingerprint density at radius 3 is 2.37 bits per heavy atom. The van der Waals surface area contributed by atoms with Crippen molar-refractivity contribution in [2.24, 2.45) is 0 Å². The average molecular weight is 298 g/mol. The van der Waals surface area contributed by atoms with Gasteiger partial charge in [0.15, 0.2) is 0 Å². The third kappa shape index (κ3) is 3.50. The molecule has 1 aromatic rings. The minimum absolute atomic E-state index is 0.0379. The summed E-state index contributed by atoms with van der Waals surface area (Å²) in [6, 6.07) is 1.78. The van der Waals surface area contributed by atoms with Gasteiger partial charge < -0.3 is 15.2 Å². The van der Waals surface area contributed by atoms with E-state index in [1.165, 1.54) is 12.4 Å². The number of carbonyl (C=O) groups is 2. The van der Waals surface area contributed by atoms with Gasteiger partial charge in [-0.2, -0.15) is 13.2 Å². The van der Waals surface area contributed by atoms with Crippen molar-refractivity contribution in [3.63, 3.8) is 0 Å². The number of amides is 1. The highest BCUT2D eigenvalue weighted by Crippen LogP contribution is 2.32. The summed E-state index contributed by atoms with van der Waals surface area (Å²) < 4.78 is 41.0. The maximum Gasteiger partial charge on any atom is 0.471 e. The minimum Gasteiger partial charge on any atom is -0.495 e. The van der Waals surface area contributed by atoms with Gasteiger partial charge in [-0.15, -0.1) is 0 Å². The van der Waals surface area contributed by atoms with E-state index >= 15 is 0 Å². The minimum atomic E-state index is -5.14. The molecule has 0 fully saturated rings. The summed E-state index contributed by atoms with van der Waals surface area (Å²) in [6.07, 6.45) is -5.14. The number of alkyl halides is 3. The van der Waals surface area contributed by atoms with Gasteiger partial charge in [-0.1, -0.05) is 11.6 Å². The van der Waals surface area contributed by atoms with Gasteiger partial charge in [-0.25, -0.2) is 4.79 Å². The van der Waals surface area contributed by atoms with Crippen LogP contribution < -0.4 is 10.1 Å². The molecule has 0 saturated heterocycles. The maximum atomic E-state index is 12.1. The van der Waals surface area contributed by atoms with Crippen LogP contribution in [0.1, 0.15) is 10.4 Å². The van der Waals surface area contributed by atoms with Gasteiger partial charge in [0.25, 0.3) is 0 Å².